The normalized spacial score (nSPS) is 16.4. The molecule has 8 heteroatoms. The van der Waals surface area contributed by atoms with Gasteiger partial charge in [0.05, 0.1) is 15.1 Å². The van der Waals surface area contributed by atoms with Crippen LogP contribution in [0.5, 0.6) is 0 Å². The predicted octanol–water partition coefficient (Wildman–Crippen LogP) is 0.179. The molecule has 118 valence electrons. The third kappa shape index (κ3) is 2.90. The first-order valence-corrected chi connectivity index (χ1v) is 8.15. The Morgan fingerprint density at radius 1 is 1.32 bits per heavy atom. The number of aromatic nitrogens is 2. The number of hydrogen-bond acceptors (Lipinski definition) is 7. The van der Waals surface area contributed by atoms with E-state index in [1.807, 2.05) is 6.92 Å². The number of primary amides is 1. The molecule has 0 atom stereocenters. The zero-order chi connectivity index (χ0) is 15.7. The van der Waals surface area contributed by atoms with Crippen molar-refractivity contribution in [1.82, 2.24) is 14.9 Å². The number of thiophene rings is 1. The molecule has 7 nitrogen and oxygen atoms in total. The van der Waals surface area contributed by atoms with Crippen molar-refractivity contribution in [1.29, 1.82) is 0 Å². The van der Waals surface area contributed by atoms with Crippen LogP contribution in [0.15, 0.2) is 6.07 Å². The van der Waals surface area contributed by atoms with Crippen molar-refractivity contribution in [3.8, 4) is 0 Å². The lowest BCUT2D eigenvalue weighted by Crippen LogP contribution is -2.48. The van der Waals surface area contributed by atoms with Crippen LogP contribution in [0.3, 0.4) is 0 Å². The highest BCUT2D eigenvalue weighted by atomic mass is 32.1. The number of nitrogens with zero attached hydrogens (tertiary/aromatic N) is 4. The Bertz CT molecular complexity index is 692. The summed E-state index contributed by atoms with van der Waals surface area (Å²) >= 11 is 1.37. The quantitative estimate of drug-likeness (QED) is 0.833. The molecule has 1 saturated heterocycles. The Kier molecular flexibility index (Phi) is 4.23. The highest BCUT2D eigenvalue weighted by molar-refractivity contribution is 7.21. The number of fused-ring (bicyclic) bond motifs is 1. The van der Waals surface area contributed by atoms with Crippen LogP contribution < -0.4 is 16.4 Å². The number of anilines is 1. The summed E-state index contributed by atoms with van der Waals surface area (Å²) in [4.78, 5) is 25.6. The lowest BCUT2D eigenvalue weighted by molar-refractivity contribution is 0.100. The Balaban J connectivity index is 1.91. The summed E-state index contributed by atoms with van der Waals surface area (Å²) in [5.74, 6) is 1.20. The van der Waals surface area contributed by atoms with Gasteiger partial charge in [-0.2, -0.15) is 0 Å². The van der Waals surface area contributed by atoms with E-state index >= 15 is 0 Å². The number of aryl methyl sites for hydroxylation is 1. The maximum Gasteiger partial charge on any atom is 0.258 e. The first-order chi connectivity index (χ1) is 10.6. The molecule has 4 N–H and O–H groups in total. The van der Waals surface area contributed by atoms with Crippen LogP contribution in [-0.4, -0.2) is 60.0 Å². The highest BCUT2D eigenvalue weighted by Crippen LogP contribution is 2.32. The summed E-state index contributed by atoms with van der Waals surface area (Å²) in [6.07, 6.45) is 0. The fraction of sp³-hybridized carbons (Fsp3) is 0.500. The second kappa shape index (κ2) is 6.15. The molecule has 22 heavy (non-hydrogen) atoms. The van der Waals surface area contributed by atoms with E-state index in [0.717, 1.165) is 48.8 Å². The van der Waals surface area contributed by atoms with Crippen molar-refractivity contribution in [2.24, 2.45) is 11.5 Å². The summed E-state index contributed by atoms with van der Waals surface area (Å²) < 4.78 is 0.937. The third-order valence-electron chi connectivity index (χ3n) is 3.83. The number of rotatable bonds is 4. The molecular weight excluding hydrogens is 300 g/mol. The van der Waals surface area contributed by atoms with Gasteiger partial charge in [-0.25, -0.2) is 9.97 Å². The molecule has 0 spiro atoms. The van der Waals surface area contributed by atoms with Gasteiger partial charge in [0, 0.05) is 39.3 Å². The van der Waals surface area contributed by atoms with E-state index in [1.165, 1.54) is 11.3 Å². The van der Waals surface area contributed by atoms with Crippen LogP contribution in [0.2, 0.25) is 0 Å². The SMILES string of the molecule is Cc1nc(N2CCN(CCN)CC2)c2sc(C(N)=O)cc2n1. The minimum atomic E-state index is -0.417. The number of piperazine rings is 1. The third-order valence-corrected chi connectivity index (χ3v) is 4.96. The van der Waals surface area contributed by atoms with Crippen molar-refractivity contribution < 1.29 is 4.79 Å². The average molecular weight is 320 g/mol. The Hall–Kier alpha value is -1.77. The van der Waals surface area contributed by atoms with E-state index in [-0.39, 0.29) is 0 Å². The number of carbonyl (C=O) groups is 1. The second-order valence-corrected chi connectivity index (χ2v) is 6.45. The molecule has 3 heterocycles. The highest BCUT2D eigenvalue weighted by Gasteiger charge is 2.22. The molecule has 1 fully saturated rings. The molecule has 2 aromatic heterocycles. The summed E-state index contributed by atoms with van der Waals surface area (Å²) in [6.45, 7) is 7.21. The Morgan fingerprint density at radius 2 is 2.05 bits per heavy atom. The van der Waals surface area contributed by atoms with Gasteiger partial charge in [-0.1, -0.05) is 0 Å². The van der Waals surface area contributed by atoms with Crippen molar-refractivity contribution in [2.75, 3.05) is 44.2 Å². The summed E-state index contributed by atoms with van der Waals surface area (Å²) in [6, 6.07) is 1.76. The van der Waals surface area contributed by atoms with E-state index in [0.29, 0.717) is 17.2 Å². The van der Waals surface area contributed by atoms with Crippen LogP contribution in [-0.2, 0) is 0 Å². The molecule has 1 amide bonds. The summed E-state index contributed by atoms with van der Waals surface area (Å²) in [5.41, 5.74) is 11.8. The molecule has 1 aliphatic heterocycles. The average Bonchev–Trinajstić information content (AvgIpc) is 2.91. The standard InChI is InChI=1S/C14H20N6OS/c1-9-17-10-8-11(13(16)21)22-12(10)14(18-9)20-6-4-19(3-2-15)5-7-20/h8H,2-7,15H2,1H3,(H2,16,21). The van der Waals surface area contributed by atoms with Gasteiger partial charge in [-0.15, -0.1) is 11.3 Å². The zero-order valence-electron chi connectivity index (χ0n) is 12.6. The summed E-state index contributed by atoms with van der Waals surface area (Å²) in [7, 11) is 0. The Labute approximate surface area is 132 Å². The maximum atomic E-state index is 11.4. The van der Waals surface area contributed by atoms with Gasteiger partial charge in [0.25, 0.3) is 5.91 Å². The monoisotopic (exact) mass is 320 g/mol. The van der Waals surface area contributed by atoms with Crippen molar-refractivity contribution >= 4 is 33.3 Å². The minimum absolute atomic E-state index is 0.417. The van der Waals surface area contributed by atoms with Crippen molar-refractivity contribution in [3.05, 3.63) is 16.8 Å². The molecule has 0 aromatic carbocycles. The van der Waals surface area contributed by atoms with Gasteiger partial charge >= 0.3 is 0 Å². The van der Waals surface area contributed by atoms with Crippen molar-refractivity contribution in [3.63, 3.8) is 0 Å². The van der Waals surface area contributed by atoms with Crippen molar-refractivity contribution in [2.45, 2.75) is 6.92 Å². The van der Waals surface area contributed by atoms with Gasteiger partial charge in [0.1, 0.15) is 11.6 Å². The van der Waals surface area contributed by atoms with Crippen LogP contribution in [0.25, 0.3) is 10.2 Å². The molecule has 0 radical (unpaired) electrons. The predicted molar refractivity (Wildman–Crippen MR) is 88.4 cm³/mol. The minimum Gasteiger partial charge on any atom is -0.365 e. The van der Waals surface area contributed by atoms with E-state index in [2.05, 4.69) is 19.8 Å². The molecule has 0 unspecified atom stereocenters. The fourth-order valence-electron chi connectivity index (χ4n) is 2.73. The number of nitrogens with two attached hydrogens (primary N) is 2. The Morgan fingerprint density at radius 3 is 2.68 bits per heavy atom. The largest absolute Gasteiger partial charge is 0.365 e. The summed E-state index contributed by atoms with van der Waals surface area (Å²) in [5, 5.41) is 0. The first kappa shape index (κ1) is 15.1. The number of amides is 1. The molecule has 3 rings (SSSR count). The van der Waals surface area contributed by atoms with Gasteiger partial charge in [-0.05, 0) is 13.0 Å². The molecule has 1 aliphatic rings. The lowest BCUT2D eigenvalue weighted by atomic mass is 10.3. The van der Waals surface area contributed by atoms with Crippen LogP contribution in [0.1, 0.15) is 15.5 Å². The molecule has 0 saturated carbocycles. The fourth-order valence-corrected chi connectivity index (χ4v) is 3.70. The smallest absolute Gasteiger partial charge is 0.258 e. The number of hydrogen-bond donors (Lipinski definition) is 2. The van der Waals surface area contributed by atoms with E-state index in [1.54, 1.807) is 6.07 Å². The molecular formula is C14H20N6OS. The van der Waals surface area contributed by atoms with Crippen LogP contribution in [0.4, 0.5) is 5.82 Å². The van der Waals surface area contributed by atoms with E-state index < -0.39 is 5.91 Å². The van der Waals surface area contributed by atoms with E-state index in [4.69, 9.17) is 11.5 Å². The maximum absolute atomic E-state index is 11.4. The topological polar surface area (TPSA) is 101 Å². The lowest BCUT2D eigenvalue weighted by Gasteiger charge is -2.35. The second-order valence-electron chi connectivity index (χ2n) is 5.40. The first-order valence-electron chi connectivity index (χ1n) is 7.34. The zero-order valence-corrected chi connectivity index (χ0v) is 13.4. The van der Waals surface area contributed by atoms with Gasteiger partial charge in [0.2, 0.25) is 0 Å². The van der Waals surface area contributed by atoms with Gasteiger partial charge < -0.3 is 16.4 Å². The van der Waals surface area contributed by atoms with Gasteiger partial charge in [-0.3, -0.25) is 9.69 Å². The molecule has 0 bridgehead atoms. The van der Waals surface area contributed by atoms with Gasteiger partial charge in [0.15, 0.2) is 0 Å². The number of carbonyl (C=O) groups excluding carboxylic acids is 1. The van der Waals surface area contributed by atoms with Crippen LogP contribution in [0, 0.1) is 6.92 Å². The molecule has 2 aromatic rings. The van der Waals surface area contributed by atoms with Crippen LogP contribution >= 0.6 is 11.3 Å². The molecule has 0 aliphatic carbocycles. The van der Waals surface area contributed by atoms with E-state index in [9.17, 15) is 4.79 Å².